The van der Waals surface area contributed by atoms with Gasteiger partial charge in [0.05, 0.1) is 18.5 Å². The van der Waals surface area contributed by atoms with E-state index in [0.29, 0.717) is 17.8 Å². The molecule has 1 amide bonds. The topological polar surface area (TPSA) is 73.2 Å². The SMILES string of the molecule is COC(=O)c1nn(C)c(C)c1NC(=O)CC(C)(C)C. The lowest BCUT2D eigenvalue weighted by molar-refractivity contribution is -0.117. The first kappa shape index (κ1) is 15.2. The molecule has 0 aliphatic heterocycles. The van der Waals surface area contributed by atoms with Crippen molar-refractivity contribution in [3.8, 4) is 0 Å². The van der Waals surface area contributed by atoms with Gasteiger partial charge in [-0.05, 0) is 12.3 Å². The summed E-state index contributed by atoms with van der Waals surface area (Å²) in [6.45, 7) is 7.71. The van der Waals surface area contributed by atoms with E-state index in [1.165, 1.54) is 7.11 Å². The highest BCUT2D eigenvalue weighted by Gasteiger charge is 2.23. The molecule has 0 atom stereocenters. The van der Waals surface area contributed by atoms with Gasteiger partial charge in [0.2, 0.25) is 5.91 Å². The van der Waals surface area contributed by atoms with Crippen LogP contribution in [0.3, 0.4) is 0 Å². The van der Waals surface area contributed by atoms with Gasteiger partial charge in [-0.2, -0.15) is 5.10 Å². The molecule has 19 heavy (non-hydrogen) atoms. The van der Waals surface area contributed by atoms with Crippen LogP contribution in [0.25, 0.3) is 0 Å². The molecule has 0 spiro atoms. The third-order valence-corrected chi connectivity index (χ3v) is 2.67. The van der Waals surface area contributed by atoms with Crippen molar-refractivity contribution in [3.05, 3.63) is 11.4 Å². The quantitative estimate of drug-likeness (QED) is 0.849. The van der Waals surface area contributed by atoms with Crippen molar-refractivity contribution in [2.45, 2.75) is 34.1 Å². The summed E-state index contributed by atoms with van der Waals surface area (Å²) in [4.78, 5) is 23.6. The monoisotopic (exact) mass is 267 g/mol. The summed E-state index contributed by atoms with van der Waals surface area (Å²) in [6.07, 6.45) is 0.363. The molecule has 0 radical (unpaired) electrons. The van der Waals surface area contributed by atoms with Crippen LogP contribution in [0.15, 0.2) is 0 Å². The summed E-state index contributed by atoms with van der Waals surface area (Å²) in [5, 5.41) is 6.81. The van der Waals surface area contributed by atoms with Gasteiger partial charge in [-0.1, -0.05) is 20.8 Å². The Hall–Kier alpha value is -1.85. The fourth-order valence-corrected chi connectivity index (χ4v) is 1.66. The number of anilines is 1. The number of nitrogens with one attached hydrogen (secondary N) is 1. The maximum absolute atomic E-state index is 12.0. The summed E-state index contributed by atoms with van der Waals surface area (Å²) in [7, 11) is 2.99. The summed E-state index contributed by atoms with van der Waals surface area (Å²) < 4.78 is 6.20. The number of ether oxygens (including phenoxy) is 1. The van der Waals surface area contributed by atoms with Gasteiger partial charge in [-0.3, -0.25) is 9.48 Å². The predicted octanol–water partition coefficient (Wildman–Crippen LogP) is 1.89. The van der Waals surface area contributed by atoms with Crippen LogP contribution >= 0.6 is 0 Å². The minimum absolute atomic E-state index is 0.119. The third kappa shape index (κ3) is 3.81. The largest absolute Gasteiger partial charge is 0.464 e. The van der Waals surface area contributed by atoms with E-state index >= 15 is 0 Å². The van der Waals surface area contributed by atoms with Crippen LogP contribution in [0.1, 0.15) is 43.4 Å². The maximum atomic E-state index is 12.0. The van der Waals surface area contributed by atoms with Crippen molar-refractivity contribution in [3.63, 3.8) is 0 Å². The Kier molecular flexibility index (Phi) is 4.34. The maximum Gasteiger partial charge on any atom is 0.360 e. The Morgan fingerprint density at radius 3 is 2.42 bits per heavy atom. The second-order valence-electron chi connectivity index (χ2n) is 5.71. The predicted molar refractivity (Wildman–Crippen MR) is 72.0 cm³/mol. The van der Waals surface area contributed by atoms with Crippen LogP contribution in [-0.2, 0) is 16.6 Å². The smallest absolute Gasteiger partial charge is 0.360 e. The van der Waals surface area contributed by atoms with Crippen LogP contribution in [-0.4, -0.2) is 28.8 Å². The lowest BCUT2D eigenvalue weighted by atomic mass is 9.92. The zero-order valence-corrected chi connectivity index (χ0v) is 12.3. The molecule has 106 valence electrons. The molecule has 0 saturated carbocycles. The van der Waals surface area contributed by atoms with E-state index in [-0.39, 0.29) is 17.0 Å². The van der Waals surface area contributed by atoms with Gasteiger partial charge in [0, 0.05) is 13.5 Å². The lowest BCUT2D eigenvalue weighted by Gasteiger charge is -2.17. The van der Waals surface area contributed by atoms with E-state index in [4.69, 9.17) is 0 Å². The summed E-state index contributed by atoms with van der Waals surface area (Å²) in [5.74, 6) is -0.705. The average Bonchev–Trinajstić information content (AvgIpc) is 2.54. The molecule has 0 aliphatic carbocycles. The highest BCUT2D eigenvalue weighted by Crippen LogP contribution is 2.23. The van der Waals surface area contributed by atoms with Crippen molar-refractivity contribution < 1.29 is 14.3 Å². The third-order valence-electron chi connectivity index (χ3n) is 2.67. The molecule has 1 aromatic heterocycles. The van der Waals surface area contributed by atoms with Crippen LogP contribution in [0.4, 0.5) is 5.69 Å². The lowest BCUT2D eigenvalue weighted by Crippen LogP contribution is -2.21. The minimum Gasteiger partial charge on any atom is -0.464 e. The molecule has 1 aromatic rings. The number of carbonyl (C=O) groups excluding carboxylic acids is 2. The van der Waals surface area contributed by atoms with Crippen LogP contribution in [0, 0.1) is 12.3 Å². The minimum atomic E-state index is -0.560. The van der Waals surface area contributed by atoms with Gasteiger partial charge >= 0.3 is 5.97 Å². The zero-order chi connectivity index (χ0) is 14.8. The molecule has 0 bridgehead atoms. The highest BCUT2D eigenvalue weighted by atomic mass is 16.5. The molecule has 0 fully saturated rings. The van der Waals surface area contributed by atoms with Crippen LogP contribution in [0.2, 0.25) is 0 Å². The molecule has 0 saturated heterocycles. The number of rotatable bonds is 3. The number of nitrogens with zero attached hydrogens (tertiary/aromatic N) is 2. The fraction of sp³-hybridized carbons (Fsp3) is 0.615. The fourth-order valence-electron chi connectivity index (χ4n) is 1.66. The van der Waals surface area contributed by atoms with E-state index in [1.54, 1.807) is 18.7 Å². The normalized spacial score (nSPS) is 11.3. The van der Waals surface area contributed by atoms with E-state index < -0.39 is 5.97 Å². The molecule has 1 heterocycles. The summed E-state index contributed by atoms with van der Waals surface area (Å²) in [6, 6.07) is 0. The number of aromatic nitrogens is 2. The standard InChI is InChI=1S/C13H21N3O3/c1-8-10(14-9(17)7-13(2,3)4)11(12(18)19-6)15-16(8)5/h7H2,1-6H3,(H,14,17). The number of hydrogen-bond donors (Lipinski definition) is 1. The van der Waals surface area contributed by atoms with Crippen molar-refractivity contribution in [1.29, 1.82) is 0 Å². The number of amides is 1. The zero-order valence-electron chi connectivity index (χ0n) is 12.3. The Morgan fingerprint density at radius 1 is 1.37 bits per heavy atom. The van der Waals surface area contributed by atoms with Crippen molar-refractivity contribution >= 4 is 17.6 Å². The Labute approximate surface area is 113 Å². The molecule has 0 aliphatic rings. The van der Waals surface area contributed by atoms with Crippen LogP contribution in [0.5, 0.6) is 0 Å². The molecule has 6 heteroatoms. The van der Waals surface area contributed by atoms with Gasteiger partial charge < -0.3 is 10.1 Å². The second-order valence-corrected chi connectivity index (χ2v) is 5.71. The van der Waals surface area contributed by atoms with Crippen LogP contribution < -0.4 is 5.32 Å². The first-order chi connectivity index (χ1) is 8.65. The van der Waals surface area contributed by atoms with Gasteiger partial charge in [-0.25, -0.2) is 4.79 Å². The number of carbonyl (C=O) groups is 2. The summed E-state index contributed by atoms with van der Waals surface area (Å²) >= 11 is 0. The van der Waals surface area contributed by atoms with Gasteiger partial charge in [-0.15, -0.1) is 0 Å². The highest BCUT2D eigenvalue weighted by molar-refractivity contribution is 6.00. The molecule has 1 N–H and O–H groups in total. The van der Waals surface area contributed by atoms with Gasteiger partial charge in [0.1, 0.15) is 0 Å². The Bertz CT molecular complexity index is 498. The van der Waals surface area contributed by atoms with Crippen molar-refractivity contribution in [2.24, 2.45) is 12.5 Å². The molecular formula is C13H21N3O3. The summed E-state index contributed by atoms with van der Waals surface area (Å²) in [5.41, 5.74) is 1.14. The first-order valence-corrected chi connectivity index (χ1v) is 6.07. The number of methoxy groups -OCH3 is 1. The Morgan fingerprint density at radius 2 is 1.95 bits per heavy atom. The second kappa shape index (κ2) is 5.42. The average molecular weight is 267 g/mol. The molecule has 0 aromatic carbocycles. The van der Waals surface area contributed by atoms with E-state index in [9.17, 15) is 9.59 Å². The molecular weight excluding hydrogens is 246 g/mol. The van der Waals surface area contributed by atoms with Crippen molar-refractivity contribution in [1.82, 2.24) is 9.78 Å². The van der Waals surface area contributed by atoms with E-state index in [1.807, 2.05) is 20.8 Å². The molecule has 1 rings (SSSR count). The van der Waals surface area contributed by atoms with E-state index in [2.05, 4.69) is 15.2 Å². The van der Waals surface area contributed by atoms with E-state index in [0.717, 1.165) is 0 Å². The van der Waals surface area contributed by atoms with Crippen molar-refractivity contribution in [2.75, 3.05) is 12.4 Å². The number of esters is 1. The molecule has 0 unspecified atom stereocenters. The number of hydrogen-bond acceptors (Lipinski definition) is 4. The molecule has 6 nitrogen and oxygen atoms in total. The van der Waals surface area contributed by atoms with Gasteiger partial charge in [0.25, 0.3) is 0 Å². The van der Waals surface area contributed by atoms with Gasteiger partial charge in [0.15, 0.2) is 5.69 Å². The number of aryl methyl sites for hydroxylation is 1. The first-order valence-electron chi connectivity index (χ1n) is 6.07. The Balaban J connectivity index is 3.00.